The van der Waals surface area contributed by atoms with Crippen molar-refractivity contribution in [2.75, 3.05) is 26.8 Å². The highest BCUT2D eigenvalue weighted by atomic mass is 35.5. The lowest BCUT2D eigenvalue weighted by atomic mass is 9.93. The van der Waals surface area contributed by atoms with Gasteiger partial charge < -0.3 is 15.0 Å². The normalized spacial score (nSPS) is 23.6. The van der Waals surface area contributed by atoms with Crippen LogP contribution in [0.5, 0.6) is 0 Å². The number of carbonyl (C=O) groups is 2. The second-order valence-electron chi connectivity index (χ2n) is 7.20. The lowest BCUT2D eigenvalue weighted by Gasteiger charge is -2.43. The largest absolute Gasteiger partial charge is 0.385 e. The molecule has 3 rings (SSSR count). The molecule has 0 spiro atoms. The first-order valence-electron chi connectivity index (χ1n) is 9.79. The fourth-order valence-corrected chi connectivity index (χ4v) is 5.44. The summed E-state index contributed by atoms with van der Waals surface area (Å²) in [4.78, 5) is 28.1. The molecule has 1 aromatic carbocycles. The van der Waals surface area contributed by atoms with Gasteiger partial charge in [-0.15, -0.1) is 11.8 Å². The van der Waals surface area contributed by atoms with Crippen LogP contribution in [0.2, 0.25) is 5.02 Å². The third kappa shape index (κ3) is 5.52. The van der Waals surface area contributed by atoms with Crippen LogP contribution in [-0.2, 0) is 14.3 Å². The molecule has 2 amide bonds. The molecule has 7 heteroatoms. The highest BCUT2D eigenvalue weighted by Crippen LogP contribution is 2.42. The van der Waals surface area contributed by atoms with Gasteiger partial charge in [0.1, 0.15) is 6.54 Å². The molecule has 28 heavy (non-hydrogen) atoms. The second-order valence-corrected chi connectivity index (χ2v) is 8.92. The molecule has 1 aliphatic carbocycles. The molecule has 1 heterocycles. The van der Waals surface area contributed by atoms with Crippen molar-refractivity contribution >= 4 is 41.3 Å². The van der Waals surface area contributed by atoms with Gasteiger partial charge >= 0.3 is 0 Å². The van der Waals surface area contributed by atoms with Crippen molar-refractivity contribution in [1.29, 1.82) is 0 Å². The molecule has 1 aromatic rings. The summed E-state index contributed by atoms with van der Waals surface area (Å²) in [6, 6.07) is 7.61. The quantitative estimate of drug-likeness (QED) is 0.537. The number of carbonyl (C=O) groups excluding carboxylic acids is 2. The Morgan fingerprint density at radius 1 is 1.39 bits per heavy atom. The third-order valence-electron chi connectivity index (χ3n) is 5.13. The Balaban J connectivity index is 1.74. The average molecular weight is 423 g/mol. The first kappa shape index (κ1) is 21.2. The van der Waals surface area contributed by atoms with Crippen LogP contribution in [0.4, 0.5) is 0 Å². The number of hydrogen-bond donors (Lipinski definition) is 1. The van der Waals surface area contributed by atoms with Crippen LogP contribution in [0, 0.1) is 0 Å². The number of rotatable bonds is 7. The third-order valence-corrected chi connectivity index (χ3v) is 6.76. The van der Waals surface area contributed by atoms with Gasteiger partial charge in [0.15, 0.2) is 0 Å². The lowest BCUT2D eigenvalue weighted by molar-refractivity contribution is -0.135. The van der Waals surface area contributed by atoms with E-state index in [1.54, 1.807) is 23.8 Å². The zero-order valence-electron chi connectivity index (χ0n) is 16.2. The van der Waals surface area contributed by atoms with Crippen molar-refractivity contribution in [2.24, 2.45) is 0 Å². The van der Waals surface area contributed by atoms with Crippen LogP contribution in [0.15, 0.2) is 29.2 Å². The molecule has 1 aliphatic heterocycles. The summed E-state index contributed by atoms with van der Waals surface area (Å²) in [6.07, 6.45) is 6.97. The molecular formula is C21H27ClN2O3S. The molecule has 152 valence electrons. The number of thioether (sulfide) groups is 1. The summed E-state index contributed by atoms with van der Waals surface area (Å²) in [5, 5.41) is 3.89. The van der Waals surface area contributed by atoms with Gasteiger partial charge in [-0.25, -0.2) is 0 Å². The molecule has 1 saturated heterocycles. The van der Waals surface area contributed by atoms with Crippen LogP contribution < -0.4 is 5.32 Å². The molecule has 0 bridgehead atoms. The summed E-state index contributed by atoms with van der Waals surface area (Å²) in [5.41, 5.74) is 0.904. The molecule has 5 nitrogen and oxygen atoms in total. The van der Waals surface area contributed by atoms with Gasteiger partial charge in [-0.05, 0) is 43.0 Å². The van der Waals surface area contributed by atoms with Gasteiger partial charge in [-0.3, -0.25) is 9.59 Å². The Hall–Kier alpha value is -1.50. The van der Waals surface area contributed by atoms with E-state index in [2.05, 4.69) is 5.32 Å². The van der Waals surface area contributed by atoms with Gasteiger partial charge in [-0.2, -0.15) is 0 Å². The van der Waals surface area contributed by atoms with Gasteiger partial charge in [0.2, 0.25) is 5.91 Å². The Kier molecular flexibility index (Phi) is 7.82. The topological polar surface area (TPSA) is 58.6 Å². The number of amides is 2. The van der Waals surface area contributed by atoms with Gasteiger partial charge in [0, 0.05) is 36.6 Å². The van der Waals surface area contributed by atoms with Crippen LogP contribution in [0.25, 0.3) is 6.08 Å². The average Bonchev–Trinajstić information content (AvgIpc) is 2.68. The molecule has 2 unspecified atom stereocenters. The number of ether oxygens (including phenoxy) is 1. The summed E-state index contributed by atoms with van der Waals surface area (Å²) in [7, 11) is 1.64. The maximum absolute atomic E-state index is 13.2. The number of nitrogens with zero attached hydrogens (tertiary/aromatic N) is 1. The summed E-state index contributed by atoms with van der Waals surface area (Å²) in [5.74, 6) is -0.164. The highest BCUT2D eigenvalue weighted by Gasteiger charge is 2.41. The van der Waals surface area contributed by atoms with E-state index >= 15 is 0 Å². The molecule has 1 saturated carbocycles. The number of nitrogens with one attached hydrogen (secondary N) is 1. The smallest absolute Gasteiger partial charge is 0.261 e. The minimum Gasteiger partial charge on any atom is -0.385 e. The second kappa shape index (κ2) is 10.3. The molecule has 2 fully saturated rings. The summed E-state index contributed by atoms with van der Waals surface area (Å²) < 4.78 is 5.00. The van der Waals surface area contributed by atoms with Crippen LogP contribution in [0.1, 0.15) is 37.7 Å². The highest BCUT2D eigenvalue weighted by molar-refractivity contribution is 8.04. The standard InChI is InChI=1S/C21H27ClN2O3S/c1-27-11-5-10-23-20(25)14-24-17-8-2-3-9-18(17)28-19(21(24)26)13-15-6-4-7-16(22)12-15/h4,6-7,12-13,17-18H,2-3,5,8-11,14H2,1H3,(H,23,25)/b19-13+. The Morgan fingerprint density at radius 3 is 3.00 bits per heavy atom. The van der Waals surface area contributed by atoms with Crippen molar-refractivity contribution in [1.82, 2.24) is 10.2 Å². The maximum Gasteiger partial charge on any atom is 0.261 e. The number of benzene rings is 1. The monoisotopic (exact) mass is 422 g/mol. The van der Waals surface area contributed by atoms with Gasteiger partial charge in [-0.1, -0.05) is 36.6 Å². The fraction of sp³-hybridized carbons (Fsp3) is 0.524. The van der Waals surface area contributed by atoms with Crippen molar-refractivity contribution in [2.45, 2.75) is 43.4 Å². The van der Waals surface area contributed by atoms with E-state index in [1.807, 2.05) is 30.3 Å². The predicted molar refractivity (Wildman–Crippen MR) is 114 cm³/mol. The number of hydrogen-bond acceptors (Lipinski definition) is 4. The van der Waals surface area contributed by atoms with Crippen molar-refractivity contribution in [3.63, 3.8) is 0 Å². The van der Waals surface area contributed by atoms with Crippen molar-refractivity contribution in [3.05, 3.63) is 39.8 Å². The van der Waals surface area contributed by atoms with Crippen molar-refractivity contribution in [3.8, 4) is 0 Å². The van der Waals surface area contributed by atoms with Crippen LogP contribution in [0.3, 0.4) is 0 Å². The van der Waals surface area contributed by atoms with E-state index in [0.717, 1.165) is 31.2 Å². The minimum atomic E-state index is -0.109. The molecule has 0 aromatic heterocycles. The zero-order chi connectivity index (χ0) is 19.9. The summed E-state index contributed by atoms with van der Waals surface area (Å²) in [6.45, 7) is 1.28. The molecule has 0 radical (unpaired) electrons. The van der Waals surface area contributed by atoms with E-state index in [-0.39, 0.29) is 24.4 Å². The molecule has 2 atom stereocenters. The van der Waals surface area contributed by atoms with Gasteiger partial charge in [0.25, 0.3) is 5.91 Å². The Morgan fingerprint density at radius 2 is 2.21 bits per heavy atom. The first-order valence-corrected chi connectivity index (χ1v) is 11.0. The SMILES string of the molecule is COCCCNC(=O)CN1C(=O)/C(=C\c2cccc(Cl)c2)SC2CCCCC21. The van der Waals surface area contributed by atoms with E-state index < -0.39 is 0 Å². The van der Waals surface area contributed by atoms with Crippen LogP contribution in [-0.4, -0.2) is 54.8 Å². The maximum atomic E-state index is 13.2. The molecular weight excluding hydrogens is 396 g/mol. The van der Waals surface area contributed by atoms with E-state index in [4.69, 9.17) is 16.3 Å². The molecule has 2 aliphatic rings. The zero-order valence-corrected chi connectivity index (χ0v) is 17.7. The van der Waals surface area contributed by atoms with E-state index in [1.165, 1.54) is 6.42 Å². The molecule has 1 N–H and O–H groups in total. The van der Waals surface area contributed by atoms with Crippen molar-refractivity contribution < 1.29 is 14.3 Å². The lowest BCUT2D eigenvalue weighted by Crippen LogP contribution is -2.54. The fourth-order valence-electron chi connectivity index (χ4n) is 3.76. The number of fused-ring (bicyclic) bond motifs is 1. The van der Waals surface area contributed by atoms with E-state index in [0.29, 0.717) is 28.3 Å². The minimum absolute atomic E-state index is 0.0554. The Bertz CT molecular complexity index is 740. The van der Waals surface area contributed by atoms with E-state index in [9.17, 15) is 9.59 Å². The Labute approximate surface area is 175 Å². The van der Waals surface area contributed by atoms with Crippen LogP contribution >= 0.6 is 23.4 Å². The number of methoxy groups -OCH3 is 1. The number of halogens is 1. The first-order chi connectivity index (χ1) is 13.6. The van der Waals surface area contributed by atoms with Gasteiger partial charge in [0.05, 0.1) is 4.91 Å². The predicted octanol–water partition coefficient (Wildman–Crippen LogP) is 3.72. The summed E-state index contributed by atoms with van der Waals surface area (Å²) >= 11 is 7.74.